The van der Waals surface area contributed by atoms with Crippen molar-refractivity contribution in [2.45, 2.75) is 25.4 Å². The molecule has 1 atom stereocenters. The molecule has 19 heavy (non-hydrogen) atoms. The topological polar surface area (TPSA) is 35.9 Å². The quantitative estimate of drug-likeness (QED) is 0.899. The fraction of sp³-hybridized carbons (Fsp3) is 0.600. The molecule has 1 aliphatic heterocycles. The molecule has 0 spiro atoms. The van der Waals surface area contributed by atoms with Crippen LogP contribution in [-0.4, -0.2) is 55.4 Å². The Hall–Kier alpha value is -1.26. The third kappa shape index (κ3) is 2.85. The number of likely N-dealkylation sites (N-methyl/N-ethyl adjacent to an activating group) is 1. The Morgan fingerprint density at radius 2 is 1.95 bits per heavy atom. The second-order valence-corrected chi connectivity index (χ2v) is 5.86. The molecule has 0 bridgehead atoms. The molecule has 1 unspecified atom stereocenters. The molecule has 4 heteroatoms. The fourth-order valence-corrected chi connectivity index (χ4v) is 2.56. The molecule has 0 aliphatic carbocycles. The summed E-state index contributed by atoms with van der Waals surface area (Å²) in [4.78, 5) is 4.60. The van der Waals surface area contributed by atoms with Gasteiger partial charge in [-0.1, -0.05) is 0 Å². The molecule has 4 nitrogen and oxygen atoms in total. The van der Waals surface area contributed by atoms with E-state index in [4.69, 9.17) is 4.74 Å². The zero-order chi connectivity index (χ0) is 14.0. The van der Waals surface area contributed by atoms with E-state index in [1.807, 2.05) is 12.1 Å². The lowest BCUT2D eigenvalue weighted by molar-refractivity contribution is 0.0932. The Balaban J connectivity index is 2.24. The first-order valence-corrected chi connectivity index (χ1v) is 6.71. The van der Waals surface area contributed by atoms with E-state index in [-0.39, 0.29) is 18.2 Å². The van der Waals surface area contributed by atoms with Crippen molar-refractivity contribution in [3.8, 4) is 5.75 Å². The van der Waals surface area contributed by atoms with Gasteiger partial charge in [-0.3, -0.25) is 4.90 Å². The average molecular weight is 264 g/mol. The molecule has 1 aromatic rings. The molecule has 106 valence electrons. The molecule has 1 saturated heterocycles. The number of ether oxygens (including phenoxy) is 1. The second-order valence-electron chi connectivity index (χ2n) is 5.86. The number of aliphatic hydroxyl groups excluding tert-OH is 1. The highest BCUT2D eigenvalue weighted by Gasteiger charge is 2.36. The standard InChI is InChI=1S/C15H24N2O2/c1-15(2)11-17(13(10-18)9-16(15)3)12-5-7-14(19-4)8-6-12/h5-8,13,18H,9-11H2,1-4H3. The van der Waals surface area contributed by atoms with Gasteiger partial charge in [0.2, 0.25) is 0 Å². The van der Waals surface area contributed by atoms with Crippen LogP contribution in [0.4, 0.5) is 5.69 Å². The number of methoxy groups -OCH3 is 1. The lowest BCUT2D eigenvalue weighted by atomic mass is 9.96. The lowest BCUT2D eigenvalue weighted by Crippen LogP contribution is -2.63. The van der Waals surface area contributed by atoms with Crippen LogP contribution in [0, 0.1) is 0 Å². The smallest absolute Gasteiger partial charge is 0.119 e. The molecule has 0 radical (unpaired) electrons. The molecule has 1 fully saturated rings. The van der Waals surface area contributed by atoms with Crippen LogP contribution in [-0.2, 0) is 0 Å². The second kappa shape index (κ2) is 5.39. The first-order valence-electron chi connectivity index (χ1n) is 6.71. The van der Waals surface area contributed by atoms with E-state index >= 15 is 0 Å². The van der Waals surface area contributed by atoms with Gasteiger partial charge >= 0.3 is 0 Å². The number of hydrogen-bond donors (Lipinski definition) is 1. The number of anilines is 1. The van der Waals surface area contributed by atoms with Crippen LogP contribution in [0.25, 0.3) is 0 Å². The van der Waals surface area contributed by atoms with Crippen LogP contribution in [0.1, 0.15) is 13.8 Å². The monoisotopic (exact) mass is 264 g/mol. The van der Waals surface area contributed by atoms with Gasteiger partial charge in [0.05, 0.1) is 19.8 Å². The average Bonchev–Trinajstić information content (AvgIpc) is 2.41. The summed E-state index contributed by atoms with van der Waals surface area (Å²) in [6.07, 6.45) is 0. The summed E-state index contributed by atoms with van der Waals surface area (Å²) in [5, 5.41) is 9.62. The molecular formula is C15H24N2O2. The van der Waals surface area contributed by atoms with Crippen molar-refractivity contribution in [3.05, 3.63) is 24.3 Å². The van der Waals surface area contributed by atoms with Gasteiger partial charge in [0.25, 0.3) is 0 Å². The van der Waals surface area contributed by atoms with Gasteiger partial charge in [-0.2, -0.15) is 0 Å². The third-order valence-corrected chi connectivity index (χ3v) is 4.13. The minimum Gasteiger partial charge on any atom is -0.497 e. The largest absolute Gasteiger partial charge is 0.497 e. The molecule has 1 aliphatic rings. The molecular weight excluding hydrogens is 240 g/mol. The van der Waals surface area contributed by atoms with E-state index in [9.17, 15) is 5.11 Å². The Morgan fingerprint density at radius 3 is 2.47 bits per heavy atom. The number of nitrogens with zero attached hydrogens (tertiary/aromatic N) is 2. The summed E-state index contributed by atoms with van der Waals surface area (Å²) in [5.41, 5.74) is 1.24. The molecule has 0 aromatic heterocycles. The zero-order valence-corrected chi connectivity index (χ0v) is 12.3. The SMILES string of the molecule is COc1ccc(N2CC(C)(C)N(C)CC2CO)cc1. The molecule has 0 saturated carbocycles. The maximum absolute atomic E-state index is 9.62. The molecule has 1 N–H and O–H groups in total. The summed E-state index contributed by atoms with van der Waals surface area (Å²) in [6, 6.07) is 8.20. The van der Waals surface area contributed by atoms with Crippen LogP contribution in [0.5, 0.6) is 5.75 Å². The third-order valence-electron chi connectivity index (χ3n) is 4.13. The van der Waals surface area contributed by atoms with Gasteiger partial charge in [0, 0.05) is 24.3 Å². The first kappa shape index (κ1) is 14.2. The minimum absolute atomic E-state index is 0.103. The van der Waals surface area contributed by atoms with Gasteiger partial charge in [0.1, 0.15) is 5.75 Å². The summed E-state index contributed by atoms with van der Waals surface area (Å²) in [5.74, 6) is 0.859. The first-order chi connectivity index (χ1) is 8.97. The number of piperazine rings is 1. The Morgan fingerprint density at radius 1 is 1.32 bits per heavy atom. The van der Waals surface area contributed by atoms with Crippen LogP contribution in [0.3, 0.4) is 0 Å². The molecule has 1 aromatic carbocycles. The van der Waals surface area contributed by atoms with Gasteiger partial charge in [-0.25, -0.2) is 0 Å². The van der Waals surface area contributed by atoms with Gasteiger partial charge in [-0.05, 0) is 45.2 Å². The van der Waals surface area contributed by atoms with Crippen molar-refractivity contribution >= 4 is 5.69 Å². The fourth-order valence-electron chi connectivity index (χ4n) is 2.56. The number of hydrogen-bond acceptors (Lipinski definition) is 4. The van der Waals surface area contributed by atoms with E-state index < -0.39 is 0 Å². The molecule has 2 rings (SSSR count). The predicted molar refractivity (Wildman–Crippen MR) is 77.9 cm³/mol. The molecule has 0 amide bonds. The Bertz CT molecular complexity index is 417. The maximum Gasteiger partial charge on any atom is 0.119 e. The van der Waals surface area contributed by atoms with Crippen molar-refractivity contribution in [1.29, 1.82) is 0 Å². The Kier molecular flexibility index (Phi) is 4.02. The van der Waals surface area contributed by atoms with E-state index in [1.54, 1.807) is 7.11 Å². The highest BCUT2D eigenvalue weighted by Crippen LogP contribution is 2.29. The summed E-state index contributed by atoms with van der Waals surface area (Å²) in [7, 11) is 3.79. The van der Waals surface area contributed by atoms with E-state index in [0.29, 0.717) is 0 Å². The predicted octanol–water partition coefficient (Wildman–Crippen LogP) is 1.59. The minimum atomic E-state index is 0.103. The van der Waals surface area contributed by atoms with E-state index in [2.05, 4.69) is 42.8 Å². The van der Waals surface area contributed by atoms with Gasteiger partial charge in [0.15, 0.2) is 0 Å². The van der Waals surface area contributed by atoms with Crippen molar-refractivity contribution in [3.63, 3.8) is 0 Å². The summed E-state index contributed by atoms with van der Waals surface area (Å²) >= 11 is 0. The van der Waals surface area contributed by atoms with E-state index in [0.717, 1.165) is 24.5 Å². The van der Waals surface area contributed by atoms with Crippen molar-refractivity contribution < 1.29 is 9.84 Å². The molecule has 1 heterocycles. The summed E-state index contributed by atoms with van der Waals surface area (Å²) in [6.45, 7) is 6.41. The van der Waals surface area contributed by atoms with Crippen molar-refractivity contribution in [2.75, 3.05) is 38.8 Å². The van der Waals surface area contributed by atoms with Crippen LogP contribution in [0.2, 0.25) is 0 Å². The highest BCUT2D eigenvalue weighted by molar-refractivity contribution is 5.51. The highest BCUT2D eigenvalue weighted by atomic mass is 16.5. The Labute approximate surface area is 115 Å². The summed E-state index contributed by atoms with van der Waals surface area (Å²) < 4.78 is 5.19. The zero-order valence-electron chi connectivity index (χ0n) is 12.3. The van der Waals surface area contributed by atoms with Crippen LogP contribution in [0.15, 0.2) is 24.3 Å². The van der Waals surface area contributed by atoms with Gasteiger partial charge in [-0.15, -0.1) is 0 Å². The number of benzene rings is 1. The number of aliphatic hydroxyl groups is 1. The van der Waals surface area contributed by atoms with Crippen molar-refractivity contribution in [1.82, 2.24) is 4.90 Å². The normalized spacial score (nSPS) is 23.4. The maximum atomic E-state index is 9.62. The number of rotatable bonds is 3. The van der Waals surface area contributed by atoms with Crippen LogP contribution >= 0.6 is 0 Å². The van der Waals surface area contributed by atoms with Crippen LogP contribution < -0.4 is 9.64 Å². The van der Waals surface area contributed by atoms with Crippen molar-refractivity contribution in [2.24, 2.45) is 0 Å². The van der Waals surface area contributed by atoms with Gasteiger partial charge < -0.3 is 14.7 Å². The lowest BCUT2D eigenvalue weighted by Gasteiger charge is -2.50. The van der Waals surface area contributed by atoms with E-state index in [1.165, 1.54) is 0 Å².